The van der Waals surface area contributed by atoms with Crippen LogP contribution in [0.2, 0.25) is 3.67 Å². The molecule has 0 rings (SSSR count). The summed E-state index contributed by atoms with van der Waals surface area (Å²) in [4.78, 5) is 39.2. The zero-order chi connectivity index (χ0) is 21.1. The third-order valence-corrected chi connectivity index (χ3v) is 3.59. The number of unbranched alkanes of at least 4 members (excludes halogenated alkanes) is 2. The molecule has 0 bridgehead atoms. The van der Waals surface area contributed by atoms with Crippen LogP contribution in [0.5, 0.6) is 0 Å². The van der Waals surface area contributed by atoms with E-state index in [9.17, 15) is 39.6 Å². The molecular formula is C16H25N2NaO8. The quantitative estimate of drug-likeness (QED) is 0.250. The van der Waals surface area contributed by atoms with E-state index in [0.717, 1.165) is 0 Å². The largest absolute Gasteiger partial charge is 4.00 e. The molecule has 10 nitrogen and oxygen atoms in total. The van der Waals surface area contributed by atoms with Crippen molar-refractivity contribution in [1.82, 2.24) is 0 Å². The minimum absolute atomic E-state index is 0. The number of carboxylic acid groups (broad SMARTS) is 4. The van der Waals surface area contributed by atoms with Crippen LogP contribution in [0.1, 0.15) is 51.9 Å². The Bertz CT molecular complexity index is 383. The number of carboxylic acids is 4. The Balaban J connectivity index is -0.000000149. The molecule has 0 fully saturated rings. The molecule has 0 saturated carbocycles. The molecule has 148 valence electrons. The molecule has 0 aliphatic heterocycles. The van der Waals surface area contributed by atoms with E-state index in [4.69, 9.17) is 11.5 Å². The van der Waals surface area contributed by atoms with E-state index in [2.05, 4.69) is 6.92 Å². The molecule has 11 heteroatoms. The third-order valence-electron chi connectivity index (χ3n) is 2.88. The van der Waals surface area contributed by atoms with E-state index >= 15 is 0 Å². The number of carbonyl (C=O) groups excluding carboxylic acids is 4. The van der Waals surface area contributed by atoms with Gasteiger partial charge in [0.2, 0.25) is 0 Å². The van der Waals surface area contributed by atoms with E-state index in [0.29, 0.717) is 0 Å². The molecule has 0 aliphatic rings. The first-order chi connectivity index (χ1) is 12.0. The van der Waals surface area contributed by atoms with Crippen molar-refractivity contribution in [2.45, 2.75) is 67.6 Å². The van der Waals surface area contributed by atoms with Crippen LogP contribution in [0, 0.1) is 7.43 Å². The fourth-order valence-electron chi connectivity index (χ4n) is 1.28. The van der Waals surface area contributed by atoms with Crippen molar-refractivity contribution in [2.24, 2.45) is 11.5 Å². The molecular weight excluding hydrogens is 371 g/mol. The summed E-state index contributed by atoms with van der Waals surface area (Å²) in [6.45, 7) is 2.25. The van der Waals surface area contributed by atoms with Gasteiger partial charge in [-0.2, -0.15) is 0 Å². The first-order valence-corrected chi connectivity index (χ1v) is 9.73. The Kier molecular flexibility index (Phi) is 28.2. The standard InChI is InChI=1S/2C5H9NO4.C5H11.C.Na/c2*6-3(5(9)10)1-2-4(7)8;1-3-5-4-2;;/h2*3H,1-2,6H2,(H,7,8)(H,9,10);1,3-5H2,2H3;;/q;;;+4;/p-4. The molecule has 2 unspecified atom stereocenters. The van der Waals surface area contributed by atoms with Gasteiger partial charge >= 0.3 is 65.2 Å². The van der Waals surface area contributed by atoms with E-state index < -0.39 is 36.0 Å². The minimum atomic E-state index is -1.44. The van der Waals surface area contributed by atoms with E-state index in [1.165, 1.54) is 50.9 Å². The summed E-state index contributed by atoms with van der Waals surface area (Å²) in [6, 6.07) is -2.42. The van der Waals surface area contributed by atoms with Crippen LogP contribution in [0.3, 0.4) is 0 Å². The zero-order valence-corrected chi connectivity index (χ0v) is 17.7. The number of aliphatic carboxylic acids is 4. The van der Waals surface area contributed by atoms with Gasteiger partial charge in [-0.1, -0.05) is 0 Å². The molecule has 0 aromatic carbocycles. The Morgan fingerprint density at radius 1 is 0.815 bits per heavy atom. The Labute approximate surface area is 177 Å². The summed E-state index contributed by atoms with van der Waals surface area (Å²) in [6.07, 6.45) is 3.30. The zero-order valence-electron chi connectivity index (χ0n) is 15.7. The summed E-state index contributed by atoms with van der Waals surface area (Å²) in [5.74, 6) is -5.50. The first-order valence-electron chi connectivity index (χ1n) is 8.31. The van der Waals surface area contributed by atoms with Crippen molar-refractivity contribution in [2.75, 3.05) is 0 Å². The number of hydrogen-bond donors (Lipinski definition) is 2. The fourth-order valence-corrected chi connectivity index (χ4v) is 1.78. The van der Waals surface area contributed by atoms with Gasteiger partial charge < -0.3 is 51.1 Å². The van der Waals surface area contributed by atoms with Gasteiger partial charge in [-0.05, 0) is 25.7 Å². The average Bonchev–Trinajstić information content (AvgIpc) is 2.56. The summed E-state index contributed by atoms with van der Waals surface area (Å²) in [7, 11) is 0. The second-order valence-corrected chi connectivity index (χ2v) is 6.38. The normalized spacial score (nSPS) is 11.3. The van der Waals surface area contributed by atoms with Crippen molar-refractivity contribution in [3.8, 4) is 0 Å². The molecule has 0 aromatic rings. The van der Waals surface area contributed by atoms with E-state index in [-0.39, 0.29) is 33.1 Å². The SMILES string of the molecule is CCCC[CH2][Na].NC(CCC(=O)[O-])C(=O)[O-].NC(CCC(=O)[O-])C(=O)[O-].[C+4]. The maximum Gasteiger partial charge on any atom is 4.00 e. The Morgan fingerprint density at radius 3 is 1.30 bits per heavy atom. The summed E-state index contributed by atoms with van der Waals surface area (Å²) >= 11 is 1.40. The molecule has 27 heavy (non-hydrogen) atoms. The van der Waals surface area contributed by atoms with Crippen LogP contribution >= 0.6 is 0 Å². The predicted molar refractivity (Wildman–Crippen MR) is 87.8 cm³/mol. The Hall–Kier alpha value is -1.20. The minimum Gasteiger partial charge on any atom is -0.550 e. The smallest absolute Gasteiger partial charge is 0.550 e. The molecule has 0 spiro atoms. The summed E-state index contributed by atoms with van der Waals surface area (Å²) < 4.78 is 1.49. The topological polar surface area (TPSA) is 213 Å². The van der Waals surface area contributed by atoms with Crippen molar-refractivity contribution < 1.29 is 39.6 Å². The van der Waals surface area contributed by atoms with Crippen LogP contribution in [0.4, 0.5) is 0 Å². The van der Waals surface area contributed by atoms with Gasteiger partial charge in [0.05, 0.1) is 11.9 Å². The van der Waals surface area contributed by atoms with Gasteiger partial charge in [0.25, 0.3) is 0 Å². The van der Waals surface area contributed by atoms with Crippen LogP contribution in [-0.4, -0.2) is 63.9 Å². The van der Waals surface area contributed by atoms with Gasteiger partial charge in [0.15, 0.2) is 0 Å². The molecule has 0 heterocycles. The second-order valence-electron chi connectivity index (χ2n) is 5.38. The number of nitrogens with two attached hydrogens (primary N) is 2. The molecule has 2 atom stereocenters. The molecule has 4 N–H and O–H groups in total. The number of carbonyl (C=O) groups is 4. The monoisotopic (exact) mass is 396 g/mol. The predicted octanol–water partition coefficient (Wildman–Crippen LogP) is -4.97. The average molecular weight is 396 g/mol. The van der Waals surface area contributed by atoms with E-state index in [1.807, 2.05) is 0 Å². The fraction of sp³-hybridized carbons (Fsp3) is 0.688. The van der Waals surface area contributed by atoms with Crippen LogP contribution in [-0.2, 0) is 19.2 Å². The number of hydrogen-bond acceptors (Lipinski definition) is 10. The molecule has 0 aromatic heterocycles. The van der Waals surface area contributed by atoms with Crippen LogP contribution in [0.25, 0.3) is 0 Å². The van der Waals surface area contributed by atoms with Gasteiger partial charge in [-0.15, -0.1) is 0 Å². The summed E-state index contributed by atoms with van der Waals surface area (Å²) in [5, 5.41) is 39.2. The van der Waals surface area contributed by atoms with Crippen molar-refractivity contribution in [3.63, 3.8) is 0 Å². The van der Waals surface area contributed by atoms with Gasteiger partial charge in [0.1, 0.15) is 0 Å². The Morgan fingerprint density at radius 2 is 1.15 bits per heavy atom. The van der Waals surface area contributed by atoms with Gasteiger partial charge in [0, 0.05) is 24.0 Å². The van der Waals surface area contributed by atoms with Crippen molar-refractivity contribution in [3.05, 3.63) is 7.43 Å². The molecule has 0 radical (unpaired) electrons. The molecule has 0 aliphatic carbocycles. The van der Waals surface area contributed by atoms with Crippen LogP contribution < -0.4 is 31.9 Å². The number of rotatable bonds is 11. The van der Waals surface area contributed by atoms with Gasteiger partial charge in [-0.3, -0.25) is 0 Å². The maximum atomic E-state index is 9.86. The molecule has 0 saturated heterocycles. The third kappa shape index (κ3) is 32.9. The van der Waals surface area contributed by atoms with Crippen LogP contribution in [0.15, 0.2) is 0 Å². The summed E-state index contributed by atoms with van der Waals surface area (Å²) in [5.41, 5.74) is 9.82. The van der Waals surface area contributed by atoms with E-state index in [1.54, 1.807) is 0 Å². The maximum absolute atomic E-state index is 9.86. The van der Waals surface area contributed by atoms with Gasteiger partial charge in [-0.25, -0.2) is 0 Å². The first kappa shape index (κ1) is 33.4. The molecule has 0 amide bonds. The second kappa shape index (κ2) is 22.8. The van der Waals surface area contributed by atoms with Crippen molar-refractivity contribution in [1.29, 1.82) is 0 Å². The van der Waals surface area contributed by atoms with Crippen molar-refractivity contribution >= 4 is 51.8 Å².